The van der Waals surface area contributed by atoms with Gasteiger partial charge in [-0.3, -0.25) is 20.1 Å². The molecular weight excluding hydrogens is 332 g/mol. The Bertz CT molecular complexity index is 1120. The maximum atomic E-state index is 10.8. The Morgan fingerprint density at radius 1 is 1.12 bits per heavy atom. The number of rotatable bonds is 4. The summed E-state index contributed by atoms with van der Waals surface area (Å²) in [5.41, 5.74) is 3.48. The van der Waals surface area contributed by atoms with E-state index in [0.29, 0.717) is 28.2 Å². The largest absolute Gasteiger partial charge is 0.436 e. The Labute approximate surface area is 147 Å². The second-order valence-corrected chi connectivity index (χ2v) is 5.52. The summed E-state index contributed by atoms with van der Waals surface area (Å²) in [6.45, 7) is 0. The highest BCUT2D eigenvalue weighted by Gasteiger charge is 2.09. The molecule has 4 aromatic rings. The minimum absolute atomic E-state index is 0.0296. The van der Waals surface area contributed by atoms with Gasteiger partial charge in [0.15, 0.2) is 5.58 Å². The Morgan fingerprint density at radius 3 is 2.85 bits per heavy atom. The van der Waals surface area contributed by atoms with E-state index in [4.69, 9.17) is 4.42 Å². The summed E-state index contributed by atoms with van der Waals surface area (Å²) < 4.78 is 5.74. The van der Waals surface area contributed by atoms with Gasteiger partial charge in [-0.05, 0) is 35.9 Å². The summed E-state index contributed by atoms with van der Waals surface area (Å²) in [5.74, 6) is 0.493. The number of hydrogen-bond acceptors (Lipinski definition) is 6. The maximum Gasteiger partial charge on any atom is 0.270 e. The highest BCUT2D eigenvalue weighted by atomic mass is 16.6. The molecule has 0 saturated carbocycles. The third kappa shape index (κ3) is 3.18. The van der Waals surface area contributed by atoms with Crippen LogP contribution in [-0.4, -0.2) is 21.1 Å². The van der Waals surface area contributed by atoms with E-state index in [-0.39, 0.29) is 5.69 Å². The molecule has 0 saturated heterocycles. The average Bonchev–Trinajstić information content (AvgIpc) is 3.11. The molecule has 2 aromatic heterocycles. The summed E-state index contributed by atoms with van der Waals surface area (Å²) >= 11 is 0. The molecule has 0 aliphatic carbocycles. The van der Waals surface area contributed by atoms with Crippen molar-refractivity contribution in [2.45, 2.75) is 0 Å². The van der Waals surface area contributed by atoms with Crippen LogP contribution in [0.5, 0.6) is 0 Å². The number of nitro groups is 1. The molecular formula is C19H12N4O3. The molecule has 0 N–H and O–H groups in total. The monoisotopic (exact) mass is 344 g/mol. The number of non-ortho nitro benzene ring substituents is 1. The third-order valence-electron chi connectivity index (χ3n) is 3.72. The van der Waals surface area contributed by atoms with Crippen LogP contribution in [0.3, 0.4) is 0 Å². The fraction of sp³-hybridized carbons (Fsp3) is 0. The topological polar surface area (TPSA) is 94.4 Å². The molecule has 0 unspecified atom stereocenters. The summed E-state index contributed by atoms with van der Waals surface area (Å²) in [6.07, 6.45) is 4.95. The molecule has 7 heteroatoms. The van der Waals surface area contributed by atoms with Gasteiger partial charge in [0.05, 0.1) is 16.2 Å². The molecule has 0 amide bonds. The van der Waals surface area contributed by atoms with Gasteiger partial charge in [-0.15, -0.1) is 0 Å². The zero-order valence-electron chi connectivity index (χ0n) is 13.4. The van der Waals surface area contributed by atoms with Gasteiger partial charge in [-0.2, -0.15) is 0 Å². The molecule has 0 spiro atoms. The van der Waals surface area contributed by atoms with Gasteiger partial charge in [-0.25, -0.2) is 4.98 Å². The molecule has 0 aliphatic heterocycles. The van der Waals surface area contributed by atoms with Gasteiger partial charge in [0.2, 0.25) is 5.89 Å². The molecule has 0 atom stereocenters. The van der Waals surface area contributed by atoms with Crippen LogP contribution in [-0.2, 0) is 0 Å². The van der Waals surface area contributed by atoms with E-state index in [1.54, 1.807) is 48.9 Å². The molecule has 4 rings (SSSR count). The van der Waals surface area contributed by atoms with Gasteiger partial charge >= 0.3 is 0 Å². The fourth-order valence-corrected chi connectivity index (χ4v) is 2.48. The lowest BCUT2D eigenvalue weighted by molar-refractivity contribution is -0.384. The highest BCUT2D eigenvalue weighted by molar-refractivity contribution is 5.85. The van der Waals surface area contributed by atoms with Crippen molar-refractivity contribution in [1.82, 2.24) is 9.97 Å². The predicted octanol–water partition coefficient (Wildman–Crippen LogP) is 4.55. The summed E-state index contributed by atoms with van der Waals surface area (Å²) in [4.78, 5) is 23.3. The zero-order valence-corrected chi connectivity index (χ0v) is 13.4. The smallest absolute Gasteiger partial charge is 0.270 e. The number of aromatic nitrogens is 2. The molecule has 7 nitrogen and oxygen atoms in total. The van der Waals surface area contributed by atoms with Gasteiger partial charge in [0.1, 0.15) is 5.52 Å². The zero-order chi connectivity index (χ0) is 17.9. The van der Waals surface area contributed by atoms with Crippen LogP contribution in [0.4, 0.5) is 11.4 Å². The first-order chi connectivity index (χ1) is 12.7. The summed E-state index contributed by atoms with van der Waals surface area (Å²) in [7, 11) is 0. The second kappa shape index (κ2) is 6.56. The van der Waals surface area contributed by atoms with Crippen molar-refractivity contribution in [3.05, 3.63) is 82.7 Å². The van der Waals surface area contributed by atoms with Gasteiger partial charge < -0.3 is 4.42 Å². The van der Waals surface area contributed by atoms with E-state index in [1.165, 1.54) is 12.1 Å². The number of nitrogens with zero attached hydrogens (tertiary/aromatic N) is 4. The minimum Gasteiger partial charge on any atom is -0.436 e. The van der Waals surface area contributed by atoms with E-state index in [2.05, 4.69) is 15.0 Å². The number of pyridine rings is 1. The SMILES string of the molecule is O=[N+]([O-])c1cccc(C=Nc2ccc3oc(-c4cccnc4)nc3c2)c1. The number of nitro benzene ring substituents is 1. The van der Waals surface area contributed by atoms with Crippen LogP contribution in [0.2, 0.25) is 0 Å². The number of benzene rings is 2. The highest BCUT2D eigenvalue weighted by Crippen LogP contribution is 2.26. The average molecular weight is 344 g/mol. The normalized spacial score (nSPS) is 11.2. The van der Waals surface area contributed by atoms with Crippen molar-refractivity contribution < 1.29 is 9.34 Å². The lowest BCUT2D eigenvalue weighted by atomic mass is 10.2. The van der Waals surface area contributed by atoms with Crippen molar-refractivity contribution in [2.24, 2.45) is 4.99 Å². The van der Waals surface area contributed by atoms with E-state index in [0.717, 1.165) is 5.56 Å². The number of aliphatic imine (C=N–C) groups is 1. The standard InChI is InChI=1S/C19H12N4O3/c24-23(25)16-5-1-3-13(9-16)11-21-15-6-7-18-17(10-15)22-19(26-18)14-4-2-8-20-12-14/h1-12H. The first kappa shape index (κ1) is 15.6. The minimum atomic E-state index is -0.432. The Morgan fingerprint density at radius 2 is 2.04 bits per heavy atom. The first-order valence-electron chi connectivity index (χ1n) is 7.78. The second-order valence-electron chi connectivity index (χ2n) is 5.52. The molecule has 0 bridgehead atoms. The summed E-state index contributed by atoms with van der Waals surface area (Å²) in [6, 6.07) is 15.4. The van der Waals surface area contributed by atoms with E-state index in [9.17, 15) is 10.1 Å². The Hall–Kier alpha value is -3.87. The van der Waals surface area contributed by atoms with Crippen molar-refractivity contribution in [3.63, 3.8) is 0 Å². The van der Waals surface area contributed by atoms with E-state index < -0.39 is 4.92 Å². The van der Waals surface area contributed by atoms with Crippen LogP contribution in [0, 0.1) is 10.1 Å². The van der Waals surface area contributed by atoms with Crippen LogP contribution < -0.4 is 0 Å². The molecule has 0 aliphatic rings. The van der Waals surface area contributed by atoms with Crippen LogP contribution in [0.15, 0.2) is 76.4 Å². The molecule has 26 heavy (non-hydrogen) atoms. The van der Waals surface area contributed by atoms with Gasteiger partial charge in [-0.1, -0.05) is 12.1 Å². The molecule has 2 heterocycles. The van der Waals surface area contributed by atoms with Gasteiger partial charge in [0.25, 0.3) is 5.69 Å². The van der Waals surface area contributed by atoms with Crippen molar-refractivity contribution in [3.8, 4) is 11.5 Å². The Kier molecular flexibility index (Phi) is 3.95. The lowest BCUT2D eigenvalue weighted by Gasteiger charge is -1.95. The molecule has 0 radical (unpaired) electrons. The Balaban J connectivity index is 1.63. The number of hydrogen-bond donors (Lipinski definition) is 0. The van der Waals surface area contributed by atoms with Crippen LogP contribution in [0.25, 0.3) is 22.6 Å². The number of oxazole rings is 1. The molecule has 0 fully saturated rings. The van der Waals surface area contributed by atoms with E-state index >= 15 is 0 Å². The van der Waals surface area contributed by atoms with E-state index in [1.807, 2.05) is 12.1 Å². The third-order valence-corrected chi connectivity index (χ3v) is 3.72. The van der Waals surface area contributed by atoms with Gasteiger partial charge in [0, 0.05) is 30.7 Å². The van der Waals surface area contributed by atoms with Crippen LogP contribution in [0.1, 0.15) is 5.56 Å². The quantitative estimate of drug-likeness (QED) is 0.307. The van der Waals surface area contributed by atoms with Crippen LogP contribution >= 0.6 is 0 Å². The molecule has 126 valence electrons. The molecule has 2 aromatic carbocycles. The first-order valence-corrected chi connectivity index (χ1v) is 7.78. The van der Waals surface area contributed by atoms with Crippen molar-refractivity contribution in [1.29, 1.82) is 0 Å². The predicted molar refractivity (Wildman–Crippen MR) is 97.6 cm³/mol. The number of fused-ring (bicyclic) bond motifs is 1. The maximum absolute atomic E-state index is 10.8. The fourth-order valence-electron chi connectivity index (χ4n) is 2.48. The lowest BCUT2D eigenvalue weighted by Crippen LogP contribution is -1.89. The summed E-state index contributed by atoms with van der Waals surface area (Å²) in [5, 5.41) is 10.8. The van der Waals surface area contributed by atoms with Crippen molar-refractivity contribution in [2.75, 3.05) is 0 Å². The van der Waals surface area contributed by atoms with Crippen molar-refractivity contribution >= 4 is 28.7 Å².